The summed E-state index contributed by atoms with van der Waals surface area (Å²) in [6, 6.07) is 156. The lowest BCUT2D eigenvalue weighted by Gasteiger charge is -2.33. The van der Waals surface area contributed by atoms with E-state index >= 15 is 0 Å². The van der Waals surface area contributed by atoms with Crippen LogP contribution in [-0.4, -0.2) is 45.1 Å². The van der Waals surface area contributed by atoms with Gasteiger partial charge in [0.25, 0.3) is 26.9 Å². The fraction of sp³-hybridized carbons (Fsp3) is 0. The minimum atomic E-state index is 0.0777. The van der Waals surface area contributed by atoms with Gasteiger partial charge in [-0.1, -0.05) is 279 Å². The molecule has 0 atom stereocenters. The molecule has 0 saturated carbocycles. The van der Waals surface area contributed by atoms with E-state index in [0.717, 1.165) is 181 Å². The van der Waals surface area contributed by atoms with Crippen molar-refractivity contribution in [1.29, 1.82) is 0 Å². The molecule has 23 aromatic rings. The lowest BCUT2D eigenvalue weighted by atomic mass is 9.35. The third kappa shape index (κ3) is 12.9. The highest BCUT2D eigenvalue weighted by Gasteiger charge is 2.46. The van der Waals surface area contributed by atoms with Crippen LogP contribution >= 0.6 is 0 Å². The van der Waals surface area contributed by atoms with Gasteiger partial charge in [0.15, 0.2) is 0 Å². The van der Waals surface area contributed by atoms with Gasteiger partial charge in [-0.2, -0.15) is 0 Å². The monoisotopic (exact) mass is 1770 g/mol. The minimum Gasteiger partial charge on any atom is -0.458 e. The van der Waals surface area contributed by atoms with E-state index in [1.807, 2.05) is 60.7 Å². The molecule has 16 heteroatoms. The Hall–Kier alpha value is -18.0. The molecule has 138 heavy (non-hydrogen) atoms. The molecule has 0 amide bonds. The van der Waals surface area contributed by atoms with Crippen molar-refractivity contribution in [2.24, 2.45) is 0 Å². The first kappa shape index (κ1) is 78.6. The van der Waals surface area contributed by atoms with E-state index in [0.29, 0.717) is 0 Å². The molecule has 0 saturated heterocycles. The molecular formula is C122H76B4N4O8. The van der Waals surface area contributed by atoms with Crippen LogP contribution in [-0.2, 0) is 0 Å². The second-order valence-corrected chi connectivity index (χ2v) is 35.9. The Morgan fingerprint density at radius 1 is 0.152 bits per heavy atom. The molecular weight excluding hydrogens is 1690 g/mol. The van der Waals surface area contributed by atoms with Crippen molar-refractivity contribution in [2.45, 2.75) is 0 Å². The van der Waals surface area contributed by atoms with E-state index in [2.05, 4.69) is 419 Å². The second kappa shape index (κ2) is 31.9. The largest absolute Gasteiger partial charge is 0.458 e. The van der Waals surface area contributed by atoms with E-state index in [-0.39, 0.29) is 26.9 Å². The quantitative estimate of drug-likeness (QED) is 0.146. The topological polar surface area (TPSA) is 93.6 Å². The number of para-hydroxylation sites is 13. The predicted octanol–water partition coefficient (Wildman–Crippen LogP) is 22.4. The molecule has 0 spiro atoms. The predicted molar refractivity (Wildman–Crippen MR) is 560 cm³/mol. The molecule has 12 heterocycles. The molecule has 0 unspecified atom stereocenters. The lowest BCUT2D eigenvalue weighted by molar-refractivity contribution is 0.463. The van der Waals surface area contributed by atoms with Crippen LogP contribution in [0.5, 0.6) is 92.0 Å². The molecule has 644 valence electrons. The van der Waals surface area contributed by atoms with Gasteiger partial charge in [-0.05, 0) is 217 Å². The SMILES string of the molecule is c1ccc(-c2cc3ccccc3n2-c2cc3c4c(c2)Oc2ccccc2B4c2ccccc2O3)cc1.c1ccc(-n2c(-c3cc4c5c(c3)Oc3ccccc3B5c3ccccc3O4)cc3ccccc32)cc1.c1ccc2c(c1)Oc1cc(-c3ccc(-n4ccc5ccccc54)cc3)cc3c1B2c1ccccc1O3.c1ccc2c(c1)Oc1cc(-n3ccc4ccccc43)cc3c1B2c1ccccc1O3. The van der Waals surface area contributed by atoms with Crippen molar-refractivity contribution in [2.75, 3.05) is 0 Å². The molecule has 0 radical (unpaired) electrons. The van der Waals surface area contributed by atoms with Gasteiger partial charge >= 0.3 is 0 Å². The number of benzene rings is 19. The first-order chi connectivity index (χ1) is 68.4. The Kier molecular flexibility index (Phi) is 18.2. The van der Waals surface area contributed by atoms with Gasteiger partial charge in [-0.15, -0.1) is 0 Å². The van der Waals surface area contributed by atoms with Crippen LogP contribution in [0.15, 0.2) is 461 Å². The van der Waals surface area contributed by atoms with Gasteiger partial charge < -0.3 is 56.2 Å². The number of hydrogen-bond donors (Lipinski definition) is 0. The first-order valence-electron chi connectivity index (χ1n) is 46.8. The normalized spacial score (nSPS) is 12.9. The number of hydrogen-bond acceptors (Lipinski definition) is 8. The molecule has 0 N–H and O–H groups in total. The van der Waals surface area contributed by atoms with E-state index in [1.165, 1.54) is 76.3 Å². The van der Waals surface area contributed by atoms with Crippen molar-refractivity contribution in [1.82, 2.24) is 18.3 Å². The van der Waals surface area contributed by atoms with Crippen LogP contribution < -0.4 is 103 Å². The number of rotatable bonds is 7. The lowest BCUT2D eigenvalue weighted by Crippen LogP contribution is -2.57. The molecule has 0 bridgehead atoms. The van der Waals surface area contributed by atoms with Crippen LogP contribution in [0.1, 0.15) is 0 Å². The Labute approximate surface area is 796 Å². The minimum absolute atomic E-state index is 0.0777. The molecule has 19 aromatic carbocycles. The maximum absolute atomic E-state index is 6.54. The third-order valence-corrected chi connectivity index (χ3v) is 28.2. The number of ether oxygens (including phenoxy) is 8. The Morgan fingerprint density at radius 2 is 0.413 bits per heavy atom. The van der Waals surface area contributed by atoms with E-state index in [1.54, 1.807) is 0 Å². The third-order valence-electron chi connectivity index (χ3n) is 28.2. The average Bonchev–Trinajstić information content (AvgIpc) is 0.898. The molecule has 0 aliphatic carbocycles. The van der Waals surface area contributed by atoms with Gasteiger partial charge in [0.1, 0.15) is 92.0 Å². The van der Waals surface area contributed by atoms with Crippen LogP contribution in [0.25, 0.3) is 100 Å². The van der Waals surface area contributed by atoms with E-state index in [9.17, 15) is 0 Å². The smallest absolute Gasteiger partial charge is 0.260 e. The fourth-order valence-electron chi connectivity index (χ4n) is 22.0. The summed E-state index contributed by atoms with van der Waals surface area (Å²) in [4.78, 5) is 0. The van der Waals surface area contributed by atoms with E-state index in [4.69, 9.17) is 37.9 Å². The van der Waals surface area contributed by atoms with Crippen molar-refractivity contribution >= 4 is 136 Å². The maximum Gasteiger partial charge on any atom is 0.260 e. The number of fused-ring (bicyclic) bond motifs is 20. The van der Waals surface area contributed by atoms with E-state index < -0.39 is 0 Å². The summed E-state index contributed by atoms with van der Waals surface area (Å²) in [5, 5.41) is 4.83. The van der Waals surface area contributed by atoms with Crippen molar-refractivity contribution in [3.8, 4) is 148 Å². The van der Waals surface area contributed by atoms with Crippen LogP contribution in [0, 0.1) is 0 Å². The Bertz CT molecular complexity index is 8650. The van der Waals surface area contributed by atoms with Gasteiger partial charge in [-0.25, -0.2) is 0 Å². The molecule has 8 aliphatic rings. The molecule has 0 fully saturated rings. The maximum atomic E-state index is 6.54. The summed E-state index contributed by atoms with van der Waals surface area (Å²) in [7, 11) is 0. The standard InChI is InChI=1S/3C32H20BNO2.C26H16BNO2/c1-4-10-27-22(7-1)17-18-34(27)24-15-13-21(14-16-24)23-19-30-32-31(20-23)36-29-12-6-3-9-26(29)33(32)25-8-2-5-11-28(25)35-30;1-2-11-23(12-3-1)34-26-15-7-4-10-21(26)18-27(34)22-19-30-32-31(20-22)36-29-17-9-6-14-25(29)33(32)24-13-5-8-16-28(24)35-30;1-2-10-21(11-3-1)27-18-22-12-4-7-15-26(22)34(27)23-19-30-32-31(20-23)36-29-17-9-6-14-25(29)33(32)24-13-5-8-16-28(24)35-30;1-4-10-21-17(7-1)13-14-28(21)18-15-24-26-25(16-18)30-23-12-6-3-9-20(23)27(26)19-8-2-5-11-22(19)29-24/h3*1-20H;1-16H. The fourth-order valence-corrected chi connectivity index (χ4v) is 22.0. The average molecular weight is 1770 g/mol. The molecule has 31 rings (SSSR count). The first-order valence-corrected chi connectivity index (χ1v) is 46.8. The highest BCUT2D eigenvalue weighted by molar-refractivity contribution is 7.00. The summed E-state index contributed by atoms with van der Waals surface area (Å²) in [6.45, 7) is 0.372. The Balaban J connectivity index is 0.0000000909. The summed E-state index contributed by atoms with van der Waals surface area (Å²) < 4.78 is 60.9. The highest BCUT2D eigenvalue weighted by Crippen LogP contribution is 2.46. The van der Waals surface area contributed by atoms with Crippen LogP contribution in [0.4, 0.5) is 0 Å². The van der Waals surface area contributed by atoms with Gasteiger partial charge in [0, 0.05) is 86.2 Å². The second-order valence-electron chi connectivity index (χ2n) is 35.9. The van der Waals surface area contributed by atoms with Gasteiger partial charge in [-0.3, -0.25) is 0 Å². The molecule has 12 nitrogen and oxygen atoms in total. The summed E-state index contributed by atoms with van der Waals surface area (Å²) in [6.07, 6.45) is 4.23. The summed E-state index contributed by atoms with van der Waals surface area (Å²) in [5.74, 6) is 14.1. The molecule has 4 aromatic heterocycles. The summed E-state index contributed by atoms with van der Waals surface area (Å²) >= 11 is 0. The zero-order chi connectivity index (χ0) is 90.6. The Morgan fingerprint density at radius 3 is 0.768 bits per heavy atom. The zero-order valence-corrected chi connectivity index (χ0v) is 74.2. The van der Waals surface area contributed by atoms with Crippen molar-refractivity contribution < 1.29 is 37.9 Å². The highest BCUT2D eigenvalue weighted by atomic mass is 16.5. The van der Waals surface area contributed by atoms with Crippen LogP contribution in [0.2, 0.25) is 0 Å². The van der Waals surface area contributed by atoms with Crippen molar-refractivity contribution in [3.05, 3.63) is 461 Å². The van der Waals surface area contributed by atoms with Crippen molar-refractivity contribution in [3.63, 3.8) is 0 Å². The zero-order valence-electron chi connectivity index (χ0n) is 74.2. The van der Waals surface area contributed by atoms with Gasteiger partial charge in [0.2, 0.25) is 0 Å². The molecule has 8 aliphatic heterocycles. The van der Waals surface area contributed by atoms with Crippen LogP contribution in [0.3, 0.4) is 0 Å². The summed E-state index contributed by atoms with van der Waals surface area (Å²) in [5.41, 5.74) is 29.4. The number of aromatic nitrogens is 4. The van der Waals surface area contributed by atoms with Gasteiger partial charge in [0.05, 0.1) is 44.8 Å². The number of nitrogens with zero attached hydrogens (tertiary/aromatic N) is 4.